The maximum Gasteiger partial charge on any atom is 0.191 e. The van der Waals surface area contributed by atoms with E-state index in [1.807, 2.05) is 13.0 Å². The Hall–Kier alpha value is -1.74. The molecule has 1 aliphatic heterocycles. The number of nitrogens with one attached hydrogen (secondary N) is 2. The molecule has 0 aliphatic carbocycles. The summed E-state index contributed by atoms with van der Waals surface area (Å²) in [4.78, 5) is 8.27. The number of ether oxygens (including phenoxy) is 1. The number of rotatable bonds is 7. The Morgan fingerprint density at radius 3 is 2.94 bits per heavy atom. The zero-order valence-electron chi connectivity index (χ0n) is 17.8. The second kappa shape index (κ2) is 13.0. The number of halogens is 2. The van der Waals surface area contributed by atoms with Gasteiger partial charge in [-0.1, -0.05) is 6.07 Å². The van der Waals surface area contributed by atoms with Gasteiger partial charge in [0.2, 0.25) is 0 Å². The first kappa shape index (κ1) is 25.5. The Kier molecular flexibility index (Phi) is 10.7. The molecule has 1 aromatic carbocycles. The fourth-order valence-corrected chi connectivity index (χ4v) is 4.34. The molecule has 3 rings (SSSR count). The van der Waals surface area contributed by atoms with Crippen molar-refractivity contribution in [2.75, 3.05) is 32.8 Å². The number of nitriles is 1. The Labute approximate surface area is 204 Å². The largest absolute Gasteiger partial charge is 0.376 e. The van der Waals surface area contributed by atoms with Crippen LogP contribution in [-0.2, 0) is 11.3 Å². The third-order valence-electron chi connectivity index (χ3n) is 4.97. The normalized spacial score (nSPS) is 18.0. The minimum absolute atomic E-state index is 0. The number of guanidine groups is 1. The van der Waals surface area contributed by atoms with Crippen molar-refractivity contribution < 1.29 is 9.13 Å². The van der Waals surface area contributed by atoms with Gasteiger partial charge in [0, 0.05) is 36.6 Å². The first-order chi connectivity index (χ1) is 14.6. The monoisotopic (exact) mass is 557 g/mol. The Balaban J connectivity index is 0.00000341. The van der Waals surface area contributed by atoms with Crippen LogP contribution in [0.4, 0.5) is 4.39 Å². The molecule has 31 heavy (non-hydrogen) atoms. The molecule has 2 N–H and O–H groups in total. The van der Waals surface area contributed by atoms with Gasteiger partial charge in [0.15, 0.2) is 5.96 Å². The Bertz CT molecular complexity index is 887. The number of nitrogens with zero attached hydrogens (tertiary/aromatic N) is 3. The van der Waals surface area contributed by atoms with Gasteiger partial charge in [-0.15, -0.1) is 35.3 Å². The molecule has 1 saturated heterocycles. The number of morpholine rings is 1. The molecule has 2 atom stereocenters. The summed E-state index contributed by atoms with van der Waals surface area (Å²) < 4.78 is 19.8. The molecular weight excluding hydrogens is 528 g/mol. The fourth-order valence-electron chi connectivity index (χ4n) is 3.48. The third-order valence-corrected chi connectivity index (χ3v) is 5.95. The molecule has 0 radical (unpaired) electrons. The average Bonchev–Trinajstić information content (AvgIpc) is 3.27. The molecule has 2 heterocycles. The summed E-state index contributed by atoms with van der Waals surface area (Å²) in [6, 6.07) is 10.8. The molecule has 2 aromatic rings. The zero-order chi connectivity index (χ0) is 21.3. The van der Waals surface area contributed by atoms with Crippen LogP contribution in [-0.4, -0.2) is 49.7 Å². The van der Waals surface area contributed by atoms with Crippen LogP contribution < -0.4 is 10.6 Å². The van der Waals surface area contributed by atoms with E-state index in [1.165, 1.54) is 17.0 Å². The van der Waals surface area contributed by atoms with Crippen molar-refractivity contribution in [1.29, 1.82) is 5.26 Å². The number of hydrogen-bond acceptors (Lipinski definition) is 5. The number of hydrogen-bond donors (Lipinski definition) is 2. The van der Waals surface area contributed by atoms with E-state index in [1.54, 1.807) is 17.4 Å². The number of benzene rings is 1. The van der Waals surface area contributed by atoms with Crippen molar-refractivity contribution in [2.45, 2.75) is 32.5 Å². The summed E-state index contributed by atoms with van der Waals surface area (Å²) in [6.45, 7) is 8.12. The summed E-state index contributed by atoms with van der Waals surface area (Å²) in [5, 5.41) is 17.8. The van der Waals surface area contributed by atoms with Crippen molar-refractivity contribution in [3.8, 4) is 6.07 Å². The van der Waals surface area contributed by atoms with Crippen molar-refractivity contribution in [3.05, 3.63) is 57.5 Å². The van der Waals surface area contributed by atoms with E-state index in [0.717, 1.165) is 19.7 Å². The van der Waals surface area contributed by atoms with Crippen LogP contribution in [0, 0.1) is 17.1 Å². The predicted octanol–water partition coefficient (Wildman–Crippen LogP) is 3.89. The Morgan fingerprint density at radius 2 is 2.26 bits per heavy atom. The maximum absolute atomic E-state index is 14.1. The highest BCUT2D eigenvalue weighted by Crippen LogP contribution is 2.26. The van der Waals surface area contributed by atoms with Gasteiger partial charge in [-0.05, 0) is 43.5 Å². The van der Waals surface area contributed by atoms with Gasteiger partial charge in [-0.25, -0.2) is 9.38 Å². The predicted molar refractivity (Wildman–Crippen MR) is 133 cm³/mol. The van der Waals surface area contributed by atoms with Gasteiger partial charge in [0.1, 0.15) is 5.82 Å². The molecule has 0 saturated carbocycles. The summed E-state index contributed by atoms with van der Waals surface area (Å²) >= 11 is 1.74. The number of aliphatic imine (C=N–C) groups is 1. The molecule has 0 bridgehead atoms. The van der Waals surface area contributed by atoms with E-state index in [0.29, 0.717) is 30.2 Å². The lowest BCUT2D eigenvalue weighted by molar-refractivity contribution is -0.0334. The second-order valence-electron chi connectivity index (χ2n) is 7.20. The molecule has 0 amide bonds. The molecule has 168 valence electrons. The third kappa shape index (κ3) is 7.42. The minimum atomic E-state index is -0.354. The molecule has 1 fully saturated rings. The van der Waals surface area contributed by atoms with Crippen molar-refractivity contribution in [3.63, 3.8) is 0 Å². The van der Waals surface area contributed by atoms with Gasteiger partial charge < -0.3 is 15.4 Å². The molecule has 6 nitrogen and oxygen atoms in total. The lowest BCUT2D eigenvalue weighted by atomic mass is 10.1. The van der Waals surface area contributed by atoms with Crippen molar-refractivity contribution in [2.24, 2.45) is 4.99 Å². The molecule has 9 heteroatoms. The van der Waals surface area contributed by atoms with Crippen LogP contribution in [0.25, 0.3) is 0 Å². The smallest absolute Gasteiger partial charge is 0.191 e. The quantitative estimate of drug-likeness (QED) is 0.307. The van der Waals surface area contributed by atoms with E-state index in [9.17, 15) is 4.39 Å². The highest BCUT2D eigenvalue weighted by Gasteiger charge is 2.26. The van der Waals surface area contributed by atoms with Crippen LogP contribution in [0.1, 0.15) is 35.9 Å². The Morgan fingerprint density at radius 1 is 1.42 bits per heavy atom. The highest BCUT2D eigenvalue weighted by molar-refractivity contribution is 14.0. The lowest BCUT2D eigenvalue weighted by Gasteiger charge is -2.37. The molecule has 1 aliphatic rings. The lowest BCUT2D eigenvalue weighted by Crippen LogP contribution is -2.48. The van der Waals surface area contributed by atoms with Gasteiger partial charge in [-0.2, -0.15) is 5.26 Å². The van der Waals surface area contributed by atoms with E-state index in [2.05, 4.69) is 45.0 Å². The summed E-state index contributed by atoms with van der Waals surface area (Å²) in [7, 11) is 0. The van der Waals surface area contributed by atoms with E-state index < -0.39 is 0 Å². The molecule has 2 unspecified atom stereocenters. The van der Waals surface area contributed by atoms with Gasteiger partial charge >= 0.3 is 0 Å². The average molecular weight is 557 g/mol. The number of thiophene rings is 1. The van der Waals surface area contributed by atoms with E-state index in [4.69, 9.17) is 10.00 Å². The summed E-state index contributed by atoms with van der Waals surface area (Å²) in [5.41, 5.74) is 0.835. The molecule has 1 aromatic heterocycles. The topological polar surface area (TPSA) is 72.7 Å². The van der Waals surface area contributed by atoms with Crippen LogP contribution in [0.15, 0.2) is 40.7 Å². The van der Waals surface area contributed by atoms with Gasteiger partial charge in [0.25, 0.3) is 0 Å². The summed E-state index contributed by atoms with van der Waals surface area (Å²) in [6.07, 6.45) is 0.207. The standard InChI is InChI=1S/C22H28FN5OS.HI/c1-3-25-22(26-13-18-11-17(12-24)6-7-19(18)23)27-14-20(21-5-4-10-30-21)28-8-9-29-16(2)15-28;/h4-7,10-11,16,20H,3,8-9,13-15H2,1-2H3,(H2,25,26,27);1H. The zero-order valence-corrected chi connectivity index (χ0v) is 21.0. The minimum Gasteiger partial charge on any atom is -0.376 e. The van der Waals surface area contributed by atoms with E-state index in [-0.39, 0.29) is 48.5 Å². The first-order valence-electron chi connectivity index (χ1n) is 10.2. The van der Waals surface area contributed by atoms with Crippen LogP contribution >= 0.6 is 35.3 Å². The maximum atomic E-state index is 14.1. The van der Waals surface area contributed by atoms with Crippen LogP contribution in [0.3, 0.4) is 0 Å². The van der Waals surface area contributed by atoms with Gasteiger partial charge in [-0.3, -0.25) is 4.90 Å². The molecule has 0 spiro atoms. The van der Waals surface area contributed by atoms with Crippen LogP contribution in [0.5, 0.6) is 0 Å². The summed E-state index contributed by atoms with van der Waals surface area (Å²) in [5.74, 6) is 0.273. The van der Waals surface area contributed by atoms with Gasteiger partial charge in [0.05, 0.1) is 36.9 Å². The van der Waals surface area contributed by atoms with Crippen LogP contribution in [0.2, 0.25) is 0 Å². The SMILES string of the molecule is CCNC(=NCc1cc(C#N)ccc1F)NCC(c1cccs1)N1CCOC(C)C1.I. The van der Waals surface area contributed by atoms with Crippen molar-refractivity contribution >= 4 is 41.3 Å². The first-order valence-corrected chi connectivity index (χ1v) is 11.1. The fraction of sp³-hybridized carbons (Fsp3) is 0.455. The highest BCUT2D eigenvalue weighted by atomic mass is 127. The van der Waals surface area contributed by atoms with Crippen molar-refractivity contribution in [1.82, 2.24) is 15.5 Å². The second-order valence-corrected chi connectivity index (χ2v) is 8.18. The van der Waals surface area contributed by atoms with E-state index >= 15 is 0 Å². The molecular formula is C22H29FIN5OS.